The fraction of sp³-hybridized carbons (Fsp3) is 0.533. The van der Waals surface area contributed by atoms with E-state index in [0.717, 1.165) is 17.0 Å². The summed E-state index contributed by atoms with van der Waals surface area (Å²) in [6, 6.07) is 7.93. The summed E-state index contributed by atoms with van der Waals surface area (Å²) in [5, 5.41) is 13.5. The molecule has 1 aromatic carbocycles. The van der Waals surface area contributed by atoms with Crippen molar-refractivity contribution < 1.29 is 5.11 Å². The Morgan fingerprint density at radius 1 is 1.32 bits per heavy atom. The zero-order valence-electron chi connectivity index (χ0n) is 12.1. The number of aliphatic hydroxyl groups excluding tert-OH is 1. The van der Waals surface area contributed by atoms with E-state index in [1.807, 2.05) is 38.1 Å². The maximum Gasteiger partial charge on any atom is 0.201 e. The van der Waals surface area contributed by atoms with E-state index in [9.17, 15) is 5.11 Å². The molecule has 1 heterocycles. The van der Waals surface area contributed by atoms with Gasteiger partial charge in [0.1, 0.15) is 0 Å². The molecule has 0 radical (unpaired) electrons. The molecular formula is C15H23N3O. The molecular weight excluding hydrogens is 238 g/mol. The average Bonchev–Trinajstić information content (AvgIpc) is 2.78. The number of nitrogens with zero attached hydrogens (tertiary/aromatic N) is 1. The second kappa shape index (κ2) is 5.21. The highest BCUT2D eigenvalue weighted by molar-refractivity contribution is 5.77. The summed E-state index contributed by atoms with van der Waals surface area (Å²) in [4.78, 5) is 7.70. The third-order valence-corrected chi connectivity index (χ3v) is 3.53. The first-order valence-electron chi connectivity index (χ1n) is 6.77. The number of hydrogen-bond donors (Lipinski definition) is 3. The number of fused-ring (bicyclic) bond motifs is 1. The van der Waals surface area contributed by atoms with Gasteiger partial charge in [-0.25, -0.2) is 4.98 Å². The Morgan fingerprint density at radius 2 is 2.00 bits per heavy atom. The second-order valence-corrected chi connectivity index (χ2v) is 6.13. The van der Waals surface area contributed by atoms with Crippen LogP contribution >= 0.6 is 0 Å². The van der Waals surface area contributed by atoms with E-state index in [2.05, 4.69) is 29.1 Å². The van der Waals surface area contributed by atoms with E-state index < -0.39 is 0 Å². The largest absolute Gasteiger partial charge is 0.392 e. The Hall–Kier alpha value is -1.55. The SMILES string of the molecule is CC(C)C(O)C(C)(C)CNc1nc2ccccc2[nH]1. The number of anilines is 1. The van der Waals surface area contributed by atoms with E-state index in [-0.39, 0.29) is 17.4 Å². The standard InChI is InChI=1S/C15H23N3O/c1-10(2)13(19)15(3,4)9-16-14-17-11-7-5-6-8-12(11)18-14/h5-8,10,13,19H,9H2,1-4H3,(H2,16,17,18). The van der Waals surface area contributed by atoms with Crippen LogP contribution in [0.25, 0.3) is 11.0 Å². The molecule has 0 aliphatic rings. The Bertz CT molecular complexity index is 512. The zero-order chi connectivity index (χ0) is 14.0. The van der Waals surface area contributed by atoms with Gasteiger partial charge in [0.05, 0.1) is 17.1 Å². The Balaban J connectivity index is 2.05. The summed E-state index contributed by atoms with van der Waals surface area (Å²) in [6.07, 6.45) is -0.343. The van der Waals surface area contributed by atoms with Crippen molar-refractivity contribution in [2.45, 2.75) is 33.8 Å². The molecule has 1 atom stereocenters. The monoisotopic (exact) mass is 261 g/mol. The maximum absolute atomic E-state index is 10.2. The average molecular weight is 261 g/mol. The number of aromatic nitrogens is 2. The molecule has 0 aliphatic carbocycles. The first-order valence-corrected chi connectivity index (χ1v) is 6.77. The lowest BCUT2D eigenvalue weighted by Crippen LogP contribution is -2.39. The molecule has 0 saturated carbocycles. The van der Waals surface area contributed by atoms with Gasteiger partial charge in [-0.2, -0.15) is 0 Å². The van der Waals surface area contributed by atoms with Gasteiger partial charge < -0.3 is 15.4 Å². The van der Waals surface area contributed by atoms with Crippen molar-refractivity contribution in [3.05, 3.63) is 24.3 Å². The molecule has 2 aromatic rings. The molecule has 19 heavy (non-hydrogen) atoms. The van der Waals surface area contributed by atoms with Crippen LogP contribution in [-0.2, 0) is 0 Å². The minimum Gasteiger partial charge on any atom is -0.392 e. The Labute approximate surface area is 114 Å². The number of H-pyrrole nitrogens is 1. The first-order chi connectivity index (χ1) is 8.90. The number of benzene rings is 1. The number of nitrogens with one attached hydrogen (secondary N) is 2. The minimum absolute atomic E-state index is 0.201. The zero-order valence-corrected chi connectivity index (χ0v) is 12.1. The van der Waals surface area contributed by atoms with Crippen LogP contribution in [0.2, 0.25) is 0 Å². The van der Waals surface area contributed by atoms with Gasteiger partial charge >= 0.3 is 0 Å². The third-order valence-electron chi connectivity index (χ3n) is 3.53. The molecule has 1 unspecified atom stereocenters. The van der Waals surface area contributed by atoms with Gasteiger partial charge in [-0.15, -0.1) is 0 Å². The van der Waals surface area contributed by atoms with E-state index in [4.69, 9.17) is 0 Å². The first kappa shape index (κ1) is 13.9. The van der Waals surface area contributed by atoms with Crippen molar-refractivity contribution >= 4 is 17.0 Å². The molecule has 4 heteroatoms. The highest BCUT2D eigenvalue weighted by Gasteiger charge is 2.30. The number of hydrogen-bond acceptors (Lipinski definition) is 3. The number of rotatable bonds is 5. The van der Waals surface area contributed by atoms with Gasteiger partial charge in [0.15, 0.2) is 0 Å². The molecule has 2 rings (SSSR count). The molecule has 1 aromatic heterocycles. The van der Waals surface area contributed by atoms with Crippen molar-refractivity contribution in [3.8, 4) is 0 Å². The van der Waals surface area contributed by atoms with E-state index in [0.29, 0.717) is 6.54 Å². The molecule has 0 fully saturated rings. The lowest BCUT2D eigenvalue weighted by Gasteiger charge is -2.33. The number of aromatic amines is 1. The van der Waals surface area contributed by atoms with Crippen molar-refractivity contribution in [1.29, 1.82) is 0 Å². The van der Waals surface area contributed by atoms with Gasteiger partial charge in [-0.05, 0) is 18.1 Å². The topological polar surface area (TPSA) is 60.9 Å². The van der Waals surface area contributed by atoms with Gasteiger partial charge in [0.25, 0.3) is 0 Å². The van der Waals surface area contributed by atoms with Crippen LogP contribution in [0.1, 0.15) is 27.7 Å². The summed E-state index contributed by atoms with van der Waals surface area (Å²) in [7, 11) is 0. The van der Waals surface area contributed by atoms with Crippen molar-refractivity contribution in [2.75, 3.05) is 11.9 Å². The van der Waals surface area contributed by atoms with Crippen LogP contribution in [-0.4, -0.2) is 27.7 Å². The van der Waals surface area contributed by atoms with Crippen LogP contribution in [0, 0.1) is 11.3 Å². The fourth-order valence-corrected chi connectivity index (χ4v) is 2.35. The summed E-state index contributed by atoms with van der Waals surface area (Å²) < 4.78 is 0. The van der Waals surface area contributed by atoms with Gasteiger partial charge in [-0.1, -0.05) is 39.8 Å². The normalized spacial score (nSPS) is 14.0. The molecule has 0 amide bonds. The molecule has 4 nitrogen and oxygen atoms in total. The number of para-hydroxylation sites is 2. The molecule has 0 spiro atoms. The summed E-state index contributed by atoms with van der Waals surface area (Å²) in [5.41, 5.74) is 1.77. The van der Waals surface area contributed by atoms with Crippen LogP contribution in [0.5, 0.6) is 0 Å². The lowest BCUT2D eigenvalue weighted by atomic mass is 9.81. The molecule has 0 saturated heterocycles. The molecule has 0 aliphatic heterocycles. The van der Waals surface area contributed by atoms with Crippen LogP contribution in [0.15, 0.2) is 24.3 Å². The Kier molecular flexibility index (Phi) is 3.80. The number of imidazole rings is 1. The van der Waals surface area contributed by atoms with E-state index in [1.165, 1.54) is 0 Å². The molecule has 3 N–H and O–H groups in total. The maximum atomic E-state index is 10.2. The predicted molar refractivity (Wildman–Crippen MR) is 79.2 cm³/mol. The third kappa shape index (κ3) is 3.07. The van der Waals surface area contributed by atoms with E-state index in [1.54, 1.807) is 0 Å². The second-order valence-electron chi connectivity index (χ2n) is 6.13. The van der Waals surface area contributed by atoms with Crippen molar-refractivity contribution in [2.24, 2.45) is 11.3 Å². The fourth-order valence-electron chi connectivity index (χ4n) is 2.35. The van der Waals surface area contributed by atoms with Crippen LogP contribution < -0.4 is 5.32 Å². The molecule has 0 bridgehead atoms. The highest BCUT2D eigenvalue weighted by Crippen LogP contribution is 2.26. The smallest absolute Gasteiger partial charge is 0.201 e. The molecule has 104 valence electrons. The van der Waals surface area contributed by atoms with Gasteiger partial charge in [0.2, 0.25) is 5.95 Å². The van der Waals surface area contributed by atoms with Crippen molar-refractivity contribution in [3.63, 3.8) is 0 Å². The van der Waals surface area contributed by atoms with Gasteiger partial charge in [0, 0.05) is 12.0 Å². The lowest BCUT2D eigenvalue weighted by molar-refractivity contribution is 0.0210. The Morgan fingerprint density at radius 3 is 2.63 bits per heavy atom. The van der Waals surface area contributed by atoms with Crippen LogP contribution in [0.4, 0.5) is 5.95 Å². The number of aliphatic hydroxyl groups is 1. The highest BCUT2D eigenvalue weighted by atomic mass is 16.3. The summed E-state index contributed by atoms with van der Waals surface area (Å²) >= 11 is 0. The van der Waals surface area contributed by atoms with Crippen LogP contribution in [0.3, 0.4) is 0 Å². The quantitative estimate of drug-likeness (QED) is 0.775. The summed E-state index contributed by atoms with van der Waals surface area (Å²) in [5.74, 6) is 0.998. The van der Waals surface area contributed by atoms with Crippen molar-refractivity contribution in [1.82, 2.24) is 9.97 Å². The van der Waals surface area contributed by atoms with E-state index >= 15 is 0 Å². The minimum atomic E-state index is -0.343. The summed E-state index contributed by atoms with van der Waals surface area (Å²) in [6.45, 7) is 8.87. The van der Waals surface area contributed by atoms with Gasteiger partial charge in [-0.3, -0.25) is 0 Å². The predicted octanol–water partition coefficient (Wildman–Crippen LogP) is 3.02.